The molecule has 1 unspecified atom stereocenters. The van der Waals surface area contributed by atoms with E-state index in [1.807, 2.05) is 0 Å². The van der Waals surface area contributed by atoms with E-state index in [9.17, 15) is 8.42 Å². The Morgan fingerprint density at radius 1 is 1.23 bits per heavy atom. The molecule has 1 aromatic carbocycles. The monoisotopic (exact) mass is 412 g/mol. The Hall–Kier alpha value is -2.10. The average Bonchev–Trinajstić information content (AvgIpc) is 2.91. The Bertz CT molecular complexity index is 948. The van der Waals surface area contributed by atoms with Crippen LogP contribution in [0.2, 0.25) is 0 Å². The minimum atomic E-state index is -3.89. The zero-order valence-corrected chi connectivity index (χ0v) is 16.4. The Morgan fingerprint density at radius 2 is 1.96 bits per heavy atom. The third-order valence-corrected chi connectivity index (χ3v) is 6.92. The van der Waals surface area contributed by atoms with Crippen LogP contribution in [0.5, 0.6) is 5.75 Å². The van der Waals surface area contributed by atoms with E-state index < -0.39 is 25.6 Å². The van der Waals surface area contributed by atoms with Crippen LogP contribution < -0.4 is 10.1 Å². The zero-order valence-electron chi connectivity index (χ0n) is 14.0. The maximum Gasteiger partial charge on any atom is 0.284 e. The summed E-state index contributed by atoms with van der Waals surface area (Å²) in [6, 6.07) is 11.5. The first kappa shape index (κ1) is 18.7. The molecule has 7 nitrogen and oxygen atoms in total. The van der Waals surface area contributed by atoms with Gasteiger partial charge in [0.25, 0.3) is 10.0 Å². The molecular formula is C16H17ClN4O3S2. The van der Waals surface area contributed by atoms with Crippen molar-refractivity contribution in [1.82, 2.24) is 10.3 Å². The lowest BCUT2D eigenvalue weighted by Crippen LogP contribution is -2.36. The van der Waals surface area contributed by atoms with E-state index in [0.29, 0.717) is 11.6 Å². The Kier molecular flexibility index (Phi) is 5.22. The minimum absolute atomic E-state index is 0.0919. The number of rotatable bonds is 5. The number of nitrogens with one attached hydrogen (secondary N) is 1. The van der Waals surface area contributed by atoms with E-state index in [1.165, 1.54) is 12.1 Å². The van der Waals surface area contributed by atoms with Crippen molar-refractivity contribution in [1.29, 1.82) is 0 Å². The average molecular weight is 413 g/mol. The predicted octanol–water partition coefficient (Wildman–Crippen LogP) is 3.10. The quantitative estimate of drug-likeness (QED) is 0.814. The summed E-state index contributed by atoms with van der Waals surface area (Å²) in [6.07, 6.45) is 4.39. The fourth-order valence-corrected chi connectivity index (χ4v) is 5.39. The first-order valence-electron chi connectivity index (χ1n) is 7.59. The number of sulfonamides is 1. The smallest absolute Gasteiger partial charge is 0.284 e. The molecule has 3 rings (SSSR count). The Balaban J connectivity index is 1.82. The maximum atomic E-state index is 12.5. The molecule has 10 heteroatoms. The molecule has 0 saturated carbocycles. The molecule has 1 N–H and O–H groups in total. The molecular weight excluding hydrogens is 396 g/mol. The second kappa shape index (κ2) is 7.26. The molecule has 2 heterocycles. The Labute approximate surface area is 158 Å². The standard InChI is InChI=1S/C16H17ClN4O3S2/c1-12(24-13-7-6-10-18-11-13)15-19-16(25(2,17)20-15)21-26(22,23)14-8-4-3-5-9-14/h3-12H,1-2H3,(H,19,20,21)/t12-/m1/s1. The van der Waals surface area contributed by atoms with Crippen molar-refractivity contribution in [3.8, 4) is 5.75 Å². The molecule has 1 aromatic heterocycles. The van der Waals surface area contributed by atoms with Crippen LogP contribution in [-0.4, -0.2) is 36.8 Å². The van der Waals surface area contributed by atoms with Crippen LogP contribution in [0.1, 0.15) is 6.92 Å². The van der Waals surface area contributed by atoms with Gasteiger partial charge in [0.15, 0.2) is 17.1 Å². The van der Waals surface area contributed by atoms with E-state index >= 15 is 0 Å². The number of halogens is 1. The second-order valence-electron chi connectivity index (χ2n) is 5.51. The van der Waals surface area contributed by atoms with Crippen molar-refractivity contribution in [2.24, 2.45) is 8.80 Å². The highest BCUT2D eigenvalue weighted by atomic mass is 35.7. The van der Waals surface area contributed by atoms with Gasteiger partial charge in [-0.3, -0.25) is 4.98 Å². The number of amidine groups is 2. The summed E-state index contributed by atoms with van der Waals surface area (Å²) in [7, 11) is 0.264. The molecule has 0 spiro atoms. The molecule has 0 bridgehead atoms. The van der Waals surface area contributed by atoms with Gasteiger partial charge in [-0.15, -0.1) is 4.40 Å². The molecule has 0 radical (unpaired) electrons. The topological polar surface area (TPSA) is 93.0 Å². The van der Waals surface area contributed by atoms with Gasteiger partial charge in [-0.2, -0.15) is 12.8 Å². The lowest BCUT2D eigenvalue weighted by Gasteiger charge is -2.16. The fourth-order valence-electron chi connectivity index (χ4n) is 2.15. The molecule has 0 amide bonds. The molecule has 26 heavy (non-hydrogen) atoms. The molecule has 0 fully saturated rings. The van der Waals surface area contributed by atoms with Crippen molar-refractivity contribution in [2.75, 3.05) is 6.26 Å². The summed E-state index contributed by atoms with van der Waals surface area (Å²) in [4.78, 5) is 4.07. The summed E-state index contributed by atoms with van der Waals surface area (Å²) < 4.78 is 39.0. The van der Waals surface area contributed by atoms with Gasteiger partial charge in [0.2, 0.25) is 0 Å². The summed E-state index contributed by atoms with van der Waals surface area (Å²) in [5, 5.41) is 3.02. The first-order chi connectivity index (χ1) is 12.3. The maximum absolute atomic E-state index is 12.5. The van der Waals surface area contributed by atoms with Gasteiger partial charge in [0, 0.05) is 12.5 Å². The number of pyridine rings is 1. The van der Waals surface area contributed by atoms with Crippen molar-refractivity contribution in [3.05, 3.63) is 54.9 Å². The highest BCUT2D eigenvalue weighted by molar-refractivity contribution is 8.60. The third kappa shape index (κ3) is 4.17. The number of ether oxygens (including phenoxy) is 1. The first-order valence-corrected chi connectivity index (χ1v) is 11.9. The molecule has 0 aliphatic carbocycles. The van der Waals surface area contributed by atoms with Gasteiger partial charge in [0.1, 0.15) is 5.75 Å². The van der Waals surface area contributed by atoms with Gasteiger partial charge in [-0.1, -0.05) is 18.2 Å². The minimum Gasteiger partial charge on any atom is -0.481 e. The third-order valence-electron chi connectivity index (χ3n) is 3.43. The van der Waals surface area contributed by atoms with Gasteiger partial charge < -0.3 is 10.1 Å². The summed E-state index contributed by atoms with van der Waals surface area (Å²) >= 11 is 0. The fraction of sp³-hybridized carbons (Fsp3) is 0.188. The van der Waals surface area contributed by atoms with Crippen LogP contribution >= 0.6 is 20.1 Å². The molecule has 1 aliphatic heterocycles. The highest BCUT2D eigenvalue weighted by Gasteiger charge is 2.35. The largest absolute Gasteiger partial charge is 0.481 e. The molecule has 2 atom stereocenters. The molecule has 138 valence electrons. The van der Waals surface area contributed by atoms with Crippen molar-refractivity contribution >= 4 is 41.1 Å². The van der Waals surface area contributed by atoms with Gasteiger partial charge in [0.05, 0.1) is 11.1 Å². The number of hydrogen-bond acceptors (Lipinski definition) is 5. The van der Waals surface area contributed by atoms with Gasteiger partial charge in [-0.25, -0.2) is 0 Å². The SMILES string of the molecule is C[C@@H](Oc1cccnc1)C1=NS(C)(Cl)/C(=N/S(=O)(=O)c2ccccc2)N1. The summed E-state index contributed by atoms with van der Waals surface area (Å²) in [5.41, 5.74) is 0. The lowest BCUT2D eigenvalue weighted by molar-refractivity contribution is 0.283. The van der Waals surface area contributed by atoms with Crippen LogP contribution in [0.4, 0.5) is 0 Å². The molecule has 2 aromatic rings. The number of hydrogen-bond donors (Lipinski definition) is 1. The van der Waals surface area contributed by atoms with Gasteiger partial charge in [-0.05, 0) is 51.3 Å². The predicted molar refractivity (Wildman–Crippen MR) is 105 cm³/mol. The Morgan fingerprint density at radius 3 is 2.62 bits per heavy atom. The van der Waals surface area contributed by atoms with Crippen molar-refractivity contribution in [3.63, 3.8) is 0 Å². The molecule has 1 aliphatic rings. The summed E-state index contributed by atoms with van der Waals surface area (Å²) in [5.74, 6) is 0.987. The molecule has 0 saturated heterocycles. The zero-order chi connectivity index (χ0) is 18.8. The van der Waals surface area contributed by atoms with Crippen molar-refractivity contribution in [2.45, 2.75) is 17.9 Å². The van der Waals surface area contributed by atoms with Crippen LogP contribution in [0.15, 0.2) is 68.5 Å². The lowest BCUT2D eigenvalue weighted by atomic mass is 10.3. The van der Waals surface area contributed by atoms with E-state index in [1.54, 1.807) is 55.9 Å². The normalized spacial score (nSPS) is 25.0. The number of nitrogens with zero attached hydrogens (tertiary/aromatic N) is 3. The van der Waals surface area contributed by atoms with E-state index in [0.717, 1.165) is 0 Å². The second-order valence-corrected chi connectivity index (χ2v) is 11.0. The highest BCUT2D eigenvalue weighted by Crippen LogP contribution is 2.55. The van der Waals surface area contributed by atoms with Crippen LogP contribution in [-0.2, 0) is 10.0 Å². The van der Waals surface area contributed by atoms with Crippen LogP contribution in [0.25, 0.3) is 0 Å². The number of benzene rings is 1. The van der Waals surface area contributed by atoms with Crippen molar-refractivity contribution < 1.29 is 13.2 Å². The number of aromatic nitrogens is 1. The van der Waals surface area contributed by atoms with E-state index in [-0.39, 0.29) is 10.1 Å². The van der Waals surface area contributed by atoms with E-state index in [2.05, 4.69) is 19.1 Å². The van der Waals surface area contributed by atoms with Crippen LogP contribution in [0, 0.1) is 0 Å². The van der Waals surface area contributed by atoms with Gasteiger partial charge >= 0.3 is 0 Å². The van der Waals surface area contributed by atoms with E-state index in [4.69, 9.17) is 15.4 Å². The van der Waals surface area contributed by atoms with Crippen LogP contribution in [0.3, 0.4) is 0 Å². The summed E-state index contributed by atoms with van der Waals surface area (Å²) in [6.45, 7) is 1.78.